The maximum absolute atomic E-state index is 13.1. The fraction of sp³-hybridized carbons (Fsp3) is 1.00. The topological polar surface area (TPSA) is 0 Å². The standard InChI is InChI=1S/C9H3F16I/c10-3(11,1-2(26)4(12,13)14)5(15,16)6(17,18)7(19,20)8(21,22)9(23,24)25/h2H,1H2. The molecule has 0 aromatic carbocycles. The van der Waals surface area contributed by atoms with Crippen molar-refractivity contribution in [3.63, 3.8) is 0 Å². The first-order valence-electron chi connectivity index (χ1n) is 5.54. The van der Waals surface area contributed by atoms with E-state index in [1.165, 1.54) is 0 Å². The Morgan fingerprint density at radius 3 is 1.08 bits per heavy atom. The normalized spacial score (nSPS) is 17.4. The molecule has 1 atom stereocenters. The van der Waals surface area contributed by atoms with Gasteiger partial charge in [0.15, 0.2) is 0 Å². The summed E-state index contributed by atoms with van der Waals surface area (Å²) in [5, 5.41) is 0. The van der Waals surface area contributed by atoms with Crippen molar-refractivity contribution in [2.75, 3.05) is 0 Å². The Kier molecular flexibility index (Phi) is 6.50. The fourth-order valence-corrected chi connectivity index (χ4v) is 1.82. The van der Waals surface area contributed by atoms with Gasteiger partial charge in [-0.2, -0.15) is 70.2 Å². The first kappa shape index (κ1) is 25.6. The minimum absolute atomic E-state index is 0.00725. The van der Waals surface area contributed by atoms with Gasteiger partial charge in [-0.15, -0.1) is 0 Å². The maximum Gasteiger partial charge on any atom is 0.460 e. The molecule has 0 heterocycles. The van der Waals surface area contributed by atoms with Crippen molar-refractivity contribution in [1.29, 1.82) is 0 Å². The van der Waals surface area contributed by atoms with Gasteiger partial charge >= 0.3 is 42.0 Å². The third-order valence-electron chi connectivity index (χ3n) is 2.79. The van der Waals surface area contributed by atoms with Crippen LogP contribution in [-0.2, 0) is 0 Å². The molecule has 0 aromatic rings. The molecule has 17 heteroatoms. The first-order chi connectivity index (χ1) is 10.9. The van der Waals surface area contributed by atoms with E-state index in [0.29, 0.717) is 0 Å². The van der Waals surface area contributed by atoms with Crippen molar-refractivity contribution >= 4 is 22.6 Å². The highest BCUT2D eigenvalue weighted by molar-refractivity contribution is 14.1. The molecule has 26 heavy (non-hydrogen) atoms. The van der Waals surface area contributed by atoms with Crippen molar-refractivity contribution in [2.24, 2.45) is 0 Å². The van der Waals surface area contributed by atoms with E-state index in [1.54, 1.807) is 0 Å². The van der Waals surface area contributed by atoms with Crippen LogP contribution >= 0.6 is 22.6 Å². The number of halogens is 17. The molecule has 0 fully saturated rings. The Morgan fingerprint density at radius 1 is 0.500 bits per heavy atom. The van der Waals surface area contributed by atoms with Crippen LogP contribution in [0.25, 0.3) is 0 Å². The molecule has 0 saturated carbocycles. The molecule has 0 aliphatic carbocycles. The van der Waals surface area contributed by atoms with Crippen LogP contribution in [-0.4, -0.2) is 45.9 Å². The summed E-state index contributed by atoms with van der Waals surface area (Å²) in [6.45, 7) is 0. The Labute approximate surface area is 146 Å². The molecule has 0 nitrogen and oxygen atoms in total. The van der Waals surface area contributed by atoms with E-state index in [-0.39, 0.29) is 22.6 Å². The van der Waals surface area contributed by atoms with Crippen LogP contribution in [0.5, 0.6) is 0 Å². The minimum atomic E-state index is -8.12. The number of hydrogen-bond acceptors (Lipinski definition) is 0. The lowest BCUT2D eigenvalue weighted by atomic mass is 9.92. The predicted octanol–water partition coefficient (Wildman–Crippen LogP) is 6.48. The number of hydrogen-bond donors (Lipinski definition) is 0. The van der Waals surface area contributed by atoms with Gasteiger partial charge in [0.2, 0.25) is 0 Å². The molecule has 0 amide bonds. The molecule has 158 valence electrons. The summed E-state index contributed by atoms with van der Waals surface area (Å²) in [5.74, 6) is -38.5. The maximum atomic E-state index is 13.1. The highest BCUT2D eigenvalue weighted by Gasteiger charge is 2.90. The zero-order chi connectivity index (χ0) is 21.8. The molecule has 0 radical (unpaired) electrons. The second-order valence-electron chi connectivity index (χ2n) is 4.71. The van der Waals surface area contributed by atoms with Gasteiger partial charge < -0.3 is 0 Å². The van der Waals surface area contributed by atoms with Crippen LogP contribution in [0.4, 0.5) is 70.2 Å². The summed E-state index contributed by atoms with van der Waals surface area (Å²) in [5.41, 5.74) is 0. The molecule has 0 rings (SSSR count). The summed E-state index contributed by atoms with van der Waals surface area (Å²) in [7, 11) is 0. The van der Waals surface area contributed by atoms with Gasteiger partial charge in [-0.25, -0.2) is 0 Å². The Hall–Kier alpha value is -0.390. The number of rotatable bonds is 6. The highest BCUT2D eigenvalue weighted by atomic mass is 127. The van der Waals surface area contributed by atoms with E-state index < -0.39 is 52.3 Å². The lowest BCUT2D eigenvalue weighted by molar-refractivity contribution is -0.440. The van der Waals surface area contributed by atoms with Crippen LogP contribution in [0.2, 0.25) is 0 Å². The lowest BCUT2D eigenvalue weighted by Crippen LogP contribution is -2.70. The molecule has 0 bridgehead atoms. The molecular formula is C9H3F16I. The van der Waals surface area contributed by atoms with Crippen LogP contribution < -0.4 is 0 Å². The molecule has 0 aromatic heterocycles. The van der Waals surface area contributed by atoms with E-state index in [2.05, 4.69) is 0 Å². The number of alkyl halides is 17. The smallest absolute Gasteiger partial charge is 0.200 e. The van der Waals surface area contributed by atoms with E-state index in [1.807, 2.05) is 0 Å². The van der Waals surface area contributed by atoms with E-state index in [9.17, 15) is 70.2 Å². The average Bonchev–Trinajstić information content (AvgIpc) is 2.34. The zero-order valence-electron chi connectivity index (χ0n) is 11.2. The molecular weight excluding hydrogens is 539 g/mol. The van der Waals surface area contributed by atoms with Gasteiger partial charge in [0.1, 0.15) is 3.92 Å². The van der Waals surface area contributed by atoms with Crippen LogP contribution in [0, 0.1) is 0 Å². The lowest BCUT2D eigenvalue weighted by Gasteiger charge is -2.40. The van der Waals surface area contributed by atoms with E-state index in [0.717, 1.165) is 0 Å². The third kappa shape index (κ3) is 3.90. The first-order valence-corrected chi connectivity index (χ1v) is 6.79. The van der Waals surface area contributed by atoms with Gasteiger partial charge in [-0.05, 0) is 0 Å². The molecule has 0 spiro atoms. The summed E-state index contributed by atoms with van der Waals surface area (Å²) in [4.78, 5) is 0. The van der Waals surface area contributed by atoms with Gasteiger partial charge in [0.25, 0.3) is 0 Å². The monoisotopic (exact) mass is 542 g/mol. The second-order valence-corrected chi connectivity index (χ2v) is 6.22. The summed E-state index contributed by atoms with van der Waals surface area (Å²) < 4.78 is 197. The molecule has 0 N–H and O–H groups in total. The Balaban J connectivity index is 6.17. The molecule has 1 unspecified atom stereocenters. The highest BCUT2D eigenvalue weighted by Crippen LogP contribution is 2.61. The summed E-state index contributed by atoms with van der Waals surface area (Å²) >= 11 is -0.00725. The summed E-state index contributed by atoms with van der Waals surface area (Å²) in [6, 6.07) is 0. The molecule has 0 aliphatic rings. The van der Waals surface area contributed by atoms with E-state index >= 15 is 0 Å². The van der Waals surface area contributed by atoms with Crippen molar-refractivity contribution in [3.8, 4) is 0 Å². The summed E-state index contributed by atoms with van der Waals surface area (Å²) in [6.07, 6.45) is -16.6. The van der Waals surface area contributed by atoms with Crippen molar-refractivity contribution < 1.29 is 70.2 Å². The average molecular weight is 542 g/mol. The second kappa shape index (κ2) is 6.59. The quantitative estimate of drug-likeness (QED) is 0.205. The Bertz CT molecular complexity index is 499. The van der Waals surface area contributed by atoms with Crippen LogP contribution in [0.15, 0.2) is 0 Å². The third-order valence-corrected chi connectivity index (χ3v) is 3.94. The van der Waals surface area contributed by atoms with Crippen LogP contribution in [0.1, 0.15) is 6.42 Å². The van der Waals surface area contributed by atoms with Gasteiger partial charge in [0.05, 0.1) is 0 Å². The van der Waals surface area contributed by atoms with Crippen molar-refractivity contribution in [3.05, 3.63) is 0 Å². The zero-order valence-corrected chi connectivity index (χ0v) is 13.4. The van der Waals surface area contributed by atoms with Crippen LogP contribution in [0.3, 0.4) is 0 Å². The fourth-order valence-electron chi connectivity index (χ4n) is 1.27. The minimum Gasteiger partial charge on any atom is -0.200 e. The van der Waals surface area contributed by atoms with E-state index in [4.69, 9.17) is 0 Å². The van der Waals surface area contributed by atoms with Crippen molar-refractivity contribution in [1.82, 2.24) is 0 Å². The molecule has 0 aliphatic heterocycles. The van der Waals surface area contributed by atoms with Gasteiger partial charge in [-0.3, -0.25) is 0 Å². The Morgan fingerprint density at radius 2 is 0.808 bits per heavy atom. The van der Waals surface area contributed by atoms with Gasteiger partial charge in [-0.1, -0.05) is 22.6 Å². The molecule has 0 saturated heterocycles. The van der Waals surface area contributed by atoms with Crippen molar-refractivity contribution in [2.45, 2.75) is 52.3 Å². The SMILES string of the molecule is FC(F)(F)C(I)CC(F)(F)C(F)(F)C(F)(F)C(F)(F)C(F)(F)C(F)(F)F. The predicted molar refractivity (Wildman–Crippen MR) is 59.3 cm³/mol. The van der Waals surface area contributed by atoms with Gasteiger partial charge in [0, 0.05) is 6.42 Å². The largest absolute Gasteiger partial charge is 0.460 e.